The average Bonchev–Trinajstić information content (AvgIpc) is 2.93. The zero-order valence-electron chi connectivity index (χ0n) is 12.8. The van der Waals surface area contributed by atoms with Gasteiger partial charge in [0.15, 0.2) is 0 Å². The van der Waals surface area contributed by atoms with E-state index in [1.165, 1.54) is 10.3 Å². The molecule has 0 N–H and O–H groups in total. The van der Waals surface area contributed by atoms with Crippen molar-refractivity contribution in [2.45, 2.75) is 20.4 Å². The topological polar surface area (TPSA) is 46.1 Å². The summed E-state index contributed by atoms with van der Waals surface area (Å²) in [7, 11) is 1.79. The van der Waals surface area contributed by atoms with Gasteiger partial charge in [-0.05, 0) is 36.2 Å². The van der Waals surface area contributed by atoms with Crippen molar-refractivity contribution in [2.75, 3.05) is 7.05 Å². The van der Waals surface area contributed by atoms with E-state index in [-0.39, 0.29) is 5.91 Å². The minimum Gasteiger partial charge on any atom is -0.342 e. The van der Waals surface area contributed by atoms with E-state index >= 15 is 0 Å². The summed E-state index contributed by atoms with van der Waals surface area (Å²) in [4.78, 5) is 23.0. The summed E-state index contributed by atoms with van der Waals surface area (Å²) in [6.07, 6.45) is 3.67. The molecule has 112 valence electrons. The van der Waals surface area contributed by atoms with Crippen LogP contribution in [0.25, 0.3) is 20.8 Å². The van der Waals surface area contributed by atoms with Crippen LogP contribution in [-0.2, 0) is 11.3 Å². The second-order valence-corrected chi connectivity index (χ2v) is 6.43. The maximum absolute atomic E-state index is 11.3. The quantitative estimate of drug-likeness (QED) is 0.742. The molecule has 22 heavy (non-hydrogen) atoms. The highest BCUT2D eigenvalue weighted by Gasteiger charge is 2.09. The third-order valence-corrected chi connectivity index (χ3v) is 4.93. The molecule has 0 aliphatic rings. The van der Waals surface area contributed by atoms with Crippen molar-refractivity contribution in [1.82, 2.24) is 14.9 Å². The number of rotatable bonds is 3. The molecular weight excluding hydrogens is 294 g/mol. The van der Waals surface area contributed by atoms with Crippen molar-refractivity contribution in [3.8, 4) is 10.6 Å². The minimum absolute atomic E-state index is 0.0510. The molecule has 1 amide bonds. The van der Waals surface area contributed by atoms with Crippen LogP contribution in [0.1, 0.15) is 18.1 Å². The third-order valence-electron chi connectivity index (χ3n) is 3.64. The number of aromatic nitrogens is 2. The lowest BCUT2D eigenvalue weighted by atomic mass is 10.2. The molecule has 3 heterocycles. The van der Waals surface area contributed by atoms with E-state index in [9.17, 15) is 4.79 Å². The summed E-state index contributed by atoms with van der Waals surface area (Å²) in [5.41, 5.74) is 4.22. The molecule has 5 heteroatoms. The molecule has 4 nitrogen and oxygen atoms in total. The third kappa shape index (κ3) is 2.85. The first-order valence-electron chi connectivity index (χ1n) is 7.07. The van der Waals surface area contributed by atoms with Crippen LogP contribution in [0.4, 0.5) is 0 Å². The number of carbonyl (C=O) groups is 1. The molecule has 0 atom stereocenters. The number of thiophene rings is 1. The molecule has 3 rings (SSSR count). The van der Waals surface area contributed by atoms with Crippen LogP contribution < -0.4 is 0 Å². The SMILES string of the molecule is CC(=O)N(C)Cc1ccc(-c2cc3nccc(C)c3s2)nc1. The Hall–Kier alpha value is -2.27. The van der Waals surface area contributed by atoms with Gasteiger partial charge >= 0.3 is 0 Å². The molecule has 0 aromatic carbocycles. The molecule has 0 aliphatic heterocycles. The first-order chi connectivity index (χ1) is 10.5. The highest BCUT2D eigenvalue weighted by molar-refractivity contribution is 7.22. The van der Waals surface area contributed by atoms with E-state index in [4.69, 9.17) is 0 Å². The van der Waals surface area contributed by atoms with Gasteiger partial charge < -0.3 is 4.90 Å². The number of pyridine rings is 2. The van der Waals surface area contributed by atoms with Gasteiger partial charge in [-0.2, -0.15) is 0 Å². The molecule has 0 aliphatic carbocycles. The lowest BCUT2D eigenvalue weighted by Gasteiger charge is -2.14. The van der Waals surface area contributed by atoms with Crippen LogP contribution in [0.15, 0.2) is 36.7 Å². The van der Waals surface area contributed by atoms with Crippen LogP contribution in [-0.4, -0.2) is 27.8 Å². The smallest absolute Gasteiger partial charge is 0.219 e. The minimum atomic E-state index is 0.0510. The number of aryl methyl sites for hydroxylation is 1. The van der Waals surface area contributed by atoms with Crippen LogP contribution in [0.3, 0.4) is 0 Å². The molecule has 0 bridgehead atoms. The van der Waals surface area contributed by atoms with E-state index in [1.807, 2.05) is 30.6 Å². The summed E-state index contributed by atoms with van der Waals surface area (Å²) in [5.74, 6) is 0.0510. The standard InChI is InChI=1S/C17H17N3OS/c1-11-6-7-18-15-8-16(22-17(11)15)14-5-4-13(9-19-14)10-20(3)12(2)21/h4-9H,10H2,1-3H3. The van der Waals surface area contributed by atoms with Crippen molar-refractivity contribution >= 4 is 27.5 Å². The molecule has 0 fully saturated rings. The molecule has 3 aromatic rings. The van der Waals surface area contributed by atoms with Crippen LogP contribution >= 0.6 is 11.3 Å². The highest BCUT2D eigenvalue weighted by Crippen LogP contribution is 2.33. The fraction of sp³-hybridized carbons (Fsp3) is 0.235. The van der Waals surface area contributed by atoms with Gasteiger partial charge in [0.25, 0.3) is 0 Å². The van der Waals surface area contributed by atoms with Gasteiger partial charge in [-0.3, -0.25) is 14.8 Å². The molecule has 0 saturated heterocycles. The summed E-state index contributed by atoms with van der Waals surface area (Å²) in [6.45, 7) is 4.24. The van der Waals surface area contributed by atoms with E-state index in [0.29, 0.717) is 6.54 Å². The molecular formula is C17H17N3OS. The Morgan fingerprint density at radius 1 is 1.27 bits per heavy atom. The summed E-state index contributed by atoms with van der Waals surface area (Å²) < 4.78 is 1.21. The van der Waals surface area contributed by atoms with E-state index < -0.39 is 0 Å². The largest absolute Gasteiger partial charge is 0.342 e. The average molecular weight is 311 g/mol. The second-order valence-electron chi connectivity index (χ2n) is 5.38. The number of fused-ring (bicyclic) bond motifs is 1. The summed E-state index contributed by atoms with van der Waals surface area (Å²) >= 11 is 1.71. The lowest BCUT2D eigenvalue weighted by Crippen LogP contribution is -2.23. The van der Waals surface area contributed by atoms with Gasteiger partial charge in [-0.15, -0.1) is 11.3 Å². The van der Waals surface area contributed by atoms with E-state index in [1.54, 1.807) is 30.2 Å². The van der Waals surface area contributed by atoms with Crippen LogP contribution in [0.2, 0.25) is 0 Å². The number of amides is 1. The zero-order chi connectivity index (χ0) is 15.7. The molecule has 0 unspecified atom stereocenters. The summed E-state index contributed by atoms with van der Waals surface area (Å²) in [5, 5.41) is 0. The van der Waals surface area contributed by atoms with Crippen molar-refractivity contribution < 1.29 is 4.79 Å². The van der Waals surface area contributed by atoms with Gasteiger partial charge in [-0.1, -0.05) is 6.07 Å². The zero-order valence-corrected chi connectivity index (χ0v) is 13.6. The van der Waals surface area contributed by atoms with Gasteiger partial charge in [0, 0.05) is 32.9 Å². The maximum Gasteiger partial charge on any atom is 0.219 e. The lowest BCUT2D eigenvalue weighted by molar-refractivity contribution is -0.128. The Bertz CT molecular complexity index is 824. The fourth-order valence-electron chi connectivity index (χ4n) is 2.24. The monoisotopic (exact) mass is 311 g/mol. The Kier molecular flexibility index (Phi) is 3.90. The van der Waals surface area contributed by atoms with Gasteiger partial charge in [0.1, 0.15) is 0 Å². The number of hydrogen-bond donors (Lipinski definition) is 0. The van der Waals surface area contributed by atoms with Gasteiger partial charge in [-0.25, -0.2) is 0 Å². The van der Waals surface area contributed by atoms with Crippen molar-refractivity contribution in [3.63, 3.8) is 0 Å². The van der Waals surface area contributed by atoms with Crippen molar-refractivity contribution in [1.29, 1.82) is 0 Å². The molecule has 0 radical (unpaired) electrons. The first-order valence-corrected chi connectivity index (χ1v) is 7.88. The van der Waals surface area contributed by atoms with Crippen LogP contribution in [0.5, 0.6) is 0 Å². The highest BCUT2D eigenvalue weighted by atomic mass is 32.1. The normalized spacial score (nSPS) is 10.9. The number of carbonyl (C=O) groups excluding carboxylic acids is 1. The van der Waals surface area contributed by atoms with Gasteiger partial charge in [0.2, 0.25) is 5.91 Å². The first kappa shape index (κ1) is 14.7. The van der Waals surface area contributed by atoms with Crippen LogP contribution in [0, 0.1) is 6.92 Å². The Morgan fingerprint density at radius 3 is 2.73 bits per heavy atom. The molecule has 3 aromatic heterocycles. The van der Waals surface area contributed by atoms with E-state index in [0.717, 1.165) is 21.7 Å². The van der Waals surface area contributed by atoms with Gasteiger partial charge in [0.05, 0.1) is 20.8 Å². The Morgan fingerprint density at radius 2 is 2.09 bits per heavy atom. The van der Waals surface area contributed by atoms with Crippen molar-refractivity contribution in [3.05, 3.63) is 47.8 Å². The Balaban J connectivity index is 1.88. The maximum atomic E-state index is 11.3. The second kappa shape index (κ2) is 5.85. The Labute approximate surface area is 133 Å². The predicted octanol–water partition coefficient (Wildman–Crippen LogP) is 3.65. The predicted molar refractivity (Wildman–Crippen MR) is 89.7 cm³/mol. The fourth-order valence-corrected chi connectivity index (χ4v) is 3.30. The molecule has 0 spiro atoms. The summed E-state index contributed by atoms with van der Waals surface area (Å²) in [6, 6.07) is 8.13. The number of nitrogens with zero attached hydrogens (tertiary/aromatic N) is 3. The van der Waals surface area contributed by atoms with E-state index in [2.05, 4.69) is 23.0 Å². The molecule has 0 saturated carbocycles. The number of hydrogen-bond acceptors (Lipinski definition) is 4. The van der Waals surface area contributed by atoms with Crippen molar-refractivity contribution in [2.24, 2.45) is 0 Å².